The minimum Gasteiger partial charge on any atom is -0.454 e. The summed E-state index contributed by atoms with van der Waals surface area (Å²) in [5.74, 6) is 1.18. The number of rotatable bonds is 4. The maximum Gasteiger partial charge on any atom is 0.239 e. The molecule has 0 aromatic heterocycles. The maximum absolute atomic E-state index is 11.9. The summed E-state index contributed by atoms with van der Waals surface area (Å²) in [6, 6.07) is 15.7. The van der Waals surface area contributed by atoms with Crippen molar-refractivity contribution in [3.8, 4) is 11.5 Å². The Bertz CT molecular complexity index is 795. The lowest BCUT2D eigenvalue weighted by molar-refractivity contribution is -0.564. The van der Waals surface area contributed by atoms with Crippen molar-refractivity contribution in [2.45, 2.75) is 24.9 Å². The summed E-state index contributed by atoms with van der Waals surface area (Å²) >= 11 is 0. The molecular weight excluding hydrogens is 320 g/mol. The molecule has 2 aromatic carbocycles. The van der Waals surface area contributed by atoms with Crippen LogP contribution < -0.4 is 9.47 Å². The number of hydrogen-bond donors (Lipinski definition) is 0. The number of ether oxygens (including phenoxy) is 2. The van der Waals surface area contributed by atoms with Gasteiger partial charge in [0.15, 0.2) is 11.5 Å². The third-order valence-corrected chi connectivity index (χ3v) is 5.20. The van der Waals surface area contributed by atoms with E-state index in [1.54, 1.807) is 6.92 Å². The average Bonchev–Trinajstić information content (AvgIpc) is 3.20. The molecule has 0 N–H and O–H groups in total. The molecule has 0 spiro atoms. The van der Waals surface area contributed by atoms with Crippen LogP contribution in [0.4, 0.5) is 0 Å². The largest absolute Gasteiger partial charge is 0.454 e. The van der Waals surface area contributed by atoms with Gasteiger partial charge in [-0.2, -0.15) is 0 Å². The van der Waals surface area contributed by atoms with Crippen LogP contribution in [0.1, 0.15) is 24.0 Å². The van der Waals surface area contributed by atoms with E-state index in [1.165, 1.54) is 5.56 Å². The van der Waals surface area contributed by atoms with Crippen LogP contribution in [0.25, 0.3) is 0 Å². The molecule has 2 aliphatic rings. The van der Waals surface area contributed by atoms with Crippen molar-refractivity contribution < 1.29 is 14.4 Å². The number of likely N-dealkylation sites (tertiary alicyclic amines) is 1. The van der Waals surface area contributed by atoms with E-state index in [4.69, 9.17) is 9.47 Å². The molecule has 4 rings (SSSR count). The molecule has 1 fully saturated rings. The SMILES string of the molecule is C[C@]1([N+](=O)[O-])CN(Cc2ccccc2)C[C@@H]1c1ccc2c(c1)OCO2. The Kier molecular flexibility index (Phi) is 3.84. The van der Waals surface area contributed by atoms with E-state index in [-0.39, 0.29) is 17.6 Å². The summed E-state index contributed by atoms with van der Waals surface area (Å²) in [6.07, 6.45) is 0. The van der Waals surface area contributed by atoms with Crippen molar-refractivity contribution >= 4 is 0 Å². The molecule has 2 heterocycles. The van der Waals surface area contributed by atoms with Crippen LogP contribution in [-0.2, 0) is 6.54 Å². The first-order valence-electron chi connectivity index (χ1n) is 8.36. The quantitative estimate of drug-likeness (QED) is 0.632. The first-order chi connectivity index (χ1) is 12.1. The number of fused-ring (bicyclic) bond motifs is 1. The van der Waals surface area contributed by atoms with Gasteiger partial charge in [0.2, 0.25) is 12.3 Å². The van der Waals surface area contributed by atoms with Crippen molar-refractivity contribution in [3.63, 3.8) is 0 Å². The van der Waals surface area contributed by atoms with Gasteiger partial charge in [0, 0.05) is 24.9 Å². The van der Waals surface area contributed by atoms with Gasteiger partial charge < -0.3 is 9.47 Å². The van der Waals surface area contributed by atoms with Crippen molar-refractivity contribution in [1.82, 2.24) is 4.90 Å². The third kappa shape index (κ3) is 2.82. The number of benzene rings is 2. The molecule has 0 radical (unpaired) electrons. The Hall–Kier alpha value is -2.60. The van der Waals surface area contributed by atoms with Gasteiger partial charge in [0.1, 0.15) is 0 Å². The zero-order chi connectivity index (χ0) is 17.4. The minimum atomic E-state index is -1.03. The fourth-order valence-electron chi connectivity index (χ4n) is 3.82. The van der Waals surface area contributed by atoms with Gasteiger partial charge in [-0.05, 0) is 23.3 Å². The molecular formula is C19H20N2O4. The van der Waals surface area contributed by atoms with Gasteiger partial charge in [-0.3, -0.25) is 15.0 Å². The highest BCUT2D eigenvalue weighted by Gasteiger charge is 2.53. The monoisotopic (exact) mass is 340 g/mol. The van der Waals surface area contributed by atoms with Gasteiger partial charge >= 0.3 is 0 Å². The van der Waals surface area contributed by atoms with Crippen molar-refractivity contribution in [1.29, 1.82) is 0 Å². The highest BCUT2D eigenvalue weighted by atomic mass is 16.7. The lowest BCUT2D eigenvalue weighted by Crippen LogP contribution is -2.42. The second-order valence-electron chi connectivity index (χ2n) is 6.93. The summed E-state index contributed by atoms with van der Waals surface area (Å²) in [7, 11) is 0. The maximum atomic E-state index is 11.9. The molecule has 0 bridgehead atoms. The van der Waals surface area contributed by atoms with E-state index >= 15 is 0 Å². The standard InChI is InChI=1S/C19H20N2O4/c1-19(21(22)23)12-20(10-14-5-3-2-4-6-14)11-16(19)15-7-8-17-18(9-15)25-13-24-17/h2-9,16H,10-13H2,1H3/t16-,19+/m1/s1. The van der Waals surface area contributed by atoms with E-state index in [9.17, 15) is 10.1 Å². The molecule has 0 saturated carbocycles. The van der Waals surface area contributed by atoms with Crippen LogP contribution in [-0.4, -0.2) is 35.2 Å². The molecule has 2 aromatic rings. The molecule has 2 atom stereocenters. The fraction of sp³-hybridized carbons (Fsp3) is 0.368. The van der Waals surface area contributed by atoms with Gasteiger partial charge in [-0.25, -0.2) is 0 Å². The summed E-state index contributed by atoms with van der Waals surface area (Å²) in [5, 5.41) is 11.9. The second kappa shape index (κ2) is 6.04. The van der Waals surface area contributed by atoms with Crippen molar-refractivity contribution in [2.24, 2.45) is 0 Å². The normalized spacial score (nSPS) is 25.2. The predicted octanol–water partition coefficient (Wildman–Crippen LogP) is 3.05. The van der Waals surface area contributed by atoms with Gasteiger partial charge in [-0.1, -0.05) is 36.4 Å². The number of hydrogen-bond acceptors (Lipinski definition) is 5. The molecule has 2 aliphatic heterocycles. The third-order valence-electron chi connectivity index (χ3n) is 5.20. The molecule has 6 heteroatoms. The summed E-state index contributed by atoms with van der Waals surface area (Å²) in [5.41, 5.74) is 1.07. The van der Waals surface area contributed by atoms with Crippen LogP contribution in [0.15, 0.2) is 48.5 Å². The predicted molar refractivity (Wildman–Crippen MR) is 92.4 cm³/mol. The highest BCUT2D eigenvalue weighted by Crippen LogP contribution is 2.42. The lowest BCUT2D eigenvalue weighted by atomic mass is 9.84. The van der Waals surface area contributed by atoms with Gasteiger partial charge in [0.25, 0.3) is 0 Å². The van der Waals surface area contributed by atoms with E-state index in [0.717, 1.165) is 5.56 Å². The van der Waals surface area contributed by atoms with Crippen molar-refractivity contribution in [3.05, 3.63) is 69.8 Å². The Balaban J connectivity index is 1.62. The first kappa shape index (κ1) is 15.9. The molecule has 130 valence electrons. The summed E-state index contributed by atoms with van der Waals surface area (Å²) < 4.78 is 10.8. The summed E-state index contributed by atoms with van der Waals surface area (Å²) in [6.45, 7) is 3.73. The smallest absolute Gasteiger partial charge is 0.239 e. The molecule has 25 heavy (non-hydrogen) atoms. The van der Waals surface area contributed by atoms with Gasteiger partial charge in [0.05, 0.1) is 12.5 Å². The average molecular weight is 340 g/mol. The topological polar surface area (TPSA) is 64.8 Å². The van der Waals surface area contributed by atoms with Gasteiger partial charge in [-0.15, -0.1) is 0 Å². The Morgan fingerprint density at radius 3 is 2.72 bits per heavy atom. The Morgan fingerprint density at radius 1 is 1.20 bits per heavy atom. The minimum absolute atomic E-state index is 0.132. The highest BCUT2D eigenvalue weighted by molar-refractivity contribution is 5.46. The van der Waals surface area contributed by atoms with E-state index < -0.39 is 5.54 Å². The first-order valence-corrected chi connectivity index (χ1v) is 8.36. The van der Waals surface area contributed by atoms with Crippen LogP contribution >= 0.6 is 0 Å². The summed E-state index contributed by atoms with van der Waals surface area (Å²) in [4.78, 5) is 13.9. The lowest BCUT2D eigenvalue weighted by Gasteiger charge is -2.22. The number of nitrogens with zero attached hydrogens (tertiary/aromatic N) is 2. The van der Waals surface area contributed by atoms with Crippen LogP contribution in [0.2, 0.25) is 0 Å². The Labute approximate surface area is 146 Å². The van der Waals surface area contributed by atoms with E-state index in [1.807, 2.05) is 36.4 Å². The van der Waals surface area contributed by atoms with E-state index in [2.05, 4.69) is 17.0 Å². The van der Waals surface area contributed by atoms with E-state index in [0.29, 0.717) is 31.1 Å². The molecule has 0 unspecified atom stereocenters. The Morgan fingerprint density at radius 2 is 1.96 bits per heavy atom. The number of nitro groups is 1. The fourth-order valence-corrected chi connectivity index (χ4v) is 3.82. The molecule has 0 amide bonds. The van der Waals surface area contributed by atoms with Crippen molar-refractivity contribution in [2.75, 3.05) is 19.9 Å². The molecule has 0 aliphatic carbocycles. The van der Waals surface area contributed by atoms with Crippen LogP contribution in [0, 0.1) is 10.1 Å². The molecule has 6 nitrogen and oxygen atoms in total. The zero-order valence-electron chi connectivity index (χ0n) is 14.1. The van der Waals surface area contributed by atoms with Crippen LogP contribution in [0.3, 0.4) is 0 Å². The molecule has 1 saturated heterocycles. The van der Waals surface area contributed by atoms with Crippen LogP contribution in [0.5, 0.6) is 11.5 Å². The second-order valence-corrected chi connectivity index (χ2v) is 6.93. The zero-order valence-corrected chi connectivity index (χ0v) is 14.1.